The first-order valence-corrected chi connectivity index (χ1v) is 7.60. The van der Waals surface area contributed by atoms with E-state index in [0.717, 1.165) is 31.9 Å². The first-order chi connectivity index (χ1) is 10.1. The van der Waals surface area contributed by atoms with Crippen molar-refractivity contribution in [3.05, 3.63) is 29.8 Å². The number of nitrogens with zero attached hydrogens (tertiary/aromatic N) is 1. The van der Waals surface area contributed by atoms with Crippen molar-refractivity contribution in [2.24, 2.45) is 0 Å². The summed E-state index contributed by atoms with van der Waals surface area (Å²) in [6.07, 6.45) is 7.30. The van der Waals surface area contributed by atoms with Gasteiger partial charge in [-0.15, -0.1) is 0 Å². The van der Waals surface area contributed by atoms with Crippen LogP contribution < -0.4 is 5.32 Å². The SMILES string of the molecule is CCC(NC1CCCCC1)(C(=O)OC)c1ccc(F)cn1. The Labute approximate surface area is 125 Å². The molecule has 0 spiro atoms. The number of aromatic nitrogens is 1. The lowest BCUT2D eigenvalue weighted by Crippen LogP contribution is -2.54. The number of hydrogen-bond donors (Lipinski definition) is 1. The number of carbonyl (C=O) groups excluding carboxylic acids is 1. The average Bonchev–Trinajstić information content (AvgIpc) is 2.54. The van der Waals surface area contributed by atoms with Crippen LogP contribution in [0.2, 0.25) is 0 Å². The number of pyridine rings is 1. The van der Waals surface area contributed by atoms with E-state index in [9.17, 15) is 9.18 Å². The number of ether oxygens (including phenoxy) is 1. The molecule has 0 radical (unpaired) electrons. The molecule has 116 valence electrons. The van der Waals surface area contributed by atoms with Gasteiger partial charge < -0.3 is 4.74 Å². The van der Waals surface area contributed by atoms with Gasteiger partial charge in [0.05, 0.1) is 19.0 Å². The highest BCUT2D eigenvalue weighted by molar-refractivity contribution is 5.82. The van der Waals surface area contributed by atoms with Gasteiger partial charge in [-0.25, -0.2) is 9.18 Å². The third-order valence-electron chi connectivity index (χ3n) is 4.28. The van der Waals surface area contributed by atoms with E-state index < -0.39 is 11.4 Å². The molecular weight excluding hydrogens is 271 g/mol. The van der Waals surface area contributed by atoms with Gasteiger partial charge >= 0.3 is 5.97 Å². The summed E-state index contributed by atoms with van der Waals surface area (Å²) in [5, 5.41) is 3.45. The van der Waals surface area contributed by atoms with Gasteiger partial charge in [0.1, 0.15) is 5.82 Å². The molecule has 1 saturated carbocycles. The number of rotatable bonds is 5. The molecule has 0 aromatic carbocycles. The fourth-order valence-electron chi connectivity index (χ4n) is 3.06. The van der Waals surface area contributed by atoms with Crippen molar-refractivity contribution in [3.63, 3.8) is 0 Å². The molecule has 1 heterocycles. The molecule has 4 nitrogen and oxygen atoms in total. The van der Waals surface area contributed by atoms with Gasteiger partial charge in [-0.3, -0.25) is 10.3 Å². The zero-order chi connectivity index (χ0) is 15.3. The van der Waals surface area contributed by atoms with Crippen LogP contribution in [-0.4, -0.2) is 24.1 Å². The van der Waals surface area contributed by atoms with E-state index in [1.807, 2.05) is 6.92 Å². The van der Waals surface area contributed by atoms with Crippen molar-refractivity contribution in [3.8, 4) is 0 Å². The van der Waals surface area contributed by atoms with Crippen molar-refractivity contribution < 1.29 is 13.9 Å². The minimum atomic E-state index is -0.996. The largest absolute Gasteiger partial charge is 0.467 e. The maximum absolute atomic E-state index is 13.1. The zero-order valence-corrected chi connectivity index (χ0v) is 12.7. The molecule has 0 saturated heterocycles. The fourth-order valence-corrected chi connectivity index (χ4v) is 3.06. The van der Waals surface area contributed by atoms with E-state index in [0.29, 0.717) is 12.1 Å². The van der Waals surface area contributed by atoms with Crippen LogP contribution in [0, 0.1) is 5.82 Å². The maximum atomic E-state index is 13.1. The first-order valence-electron chi connectivity index (χ1n) is 7.60. The van der Waals surface area contributed by atoms with E-state index in [4.69, 9.17) is 4.74 Å². The minimum absolute atomic E-state index is 0.268. The standard InChI is InChI=1S/C16H23FN2O2/c1-3-16(15(20)21-2,14-10-9-12(17)11-18-14)19-13-7-5-4-6-8-13/h9-11,13,19H,3-8H2,1-2H3. The Bertz CT molecular complexity index is 472. The van der Waals surface area contributed by atoms with Crippen LogP contribution in [0.3, 0.4) is 0 Å². The fraction of sp³-hybridized carbons (Fsp3) is 0.625. The van der Waals surface area contributed by atoms with Crippen molar-refractivity contribution in [2.75, 3.05) is 7.11 Å². The number of nitrogens with one attached hydrogen (secondary N) is 1. The van der Waals surface area contributed by atoms with Crippen LogP contribution in [0.25, 0.3) is 0 Å². The Morgan fingerprint density at radius 2 is 2.14 bits per heavy atom. The summed E-state index contributed by atoms with van der Waals surface area (Å²) in [5.41, 5.74) is -0.478. The van der Waals surface area contributed by atoms with Crippen LogP contribution in [-0.2, 0) is 15.1 Å². The van der Waals surface area contributed by atoms with Gasteiger partial charge in [0.2, 0.25) is 0 Å². The number of carbonyl (C=O) groups is 1. The molecule has 0 aliphatic heterocycles. The summed E-state index contributed by atoms with van der Waals surface area (Å²) in [6.45, 7) is 1.91. The molecule has 1 aromatic heterocycles. The second-order valence-corrected chi connectivity index (χ2v) is 5.59. The van der Waals surface area contributed by atoms with Gasteiger partial charge in [-0.1, -0.05) is 26.2 Å². The summed E-state index contributed by atoms with van der Waals surface area (Å²) in [6, 6.07) is 3.16. The Morgan fingerprint density at radius 1 is 1.43 bits per heavy atom. The van der Waals surface area contributed by atoms with Crippen LogP contribution in [0.1, 0.15) is 51.1 Å². The Hall–Kier alpha value is -1.49. The van der Waals surface area contributed by atoms with E-state index in [2.05, 4.69) is 10.3 Å². The van der Waals surface area contributed by atoms with E-state index >= 15 is 0 Å². The van der Waals surface area contributed by atoms with Gasteiger partial charge in [-0.05, 0) is 31.4 Å². The highest BCUT2D eigenvalue weighted by atomic mass is 19.1. The second-order valence-electron chi connectivity index (χ2n) is 5.59. The predicted molar refractivity (Wildman–Crippen MR) is 78.2 cm³/mol. The topological polar surface area (TPSA) is 51.2 Å². The van der Waals surface area contributed by atoms with Gasteiger partial charge in [0.15, 0.2) is 5.54 Å². The molecule has 1 aliphatic rings. The Kier molecular flexibility index (Phi) is 5.28. The molecule has 21 heavy (non-hydrogen) atoms. The van der Waals surface area contributed by atoms with Crippen LogP contribution in [0.5, 0.6) is 0 Å². The molecule has 1 N–H and O–H groups in total. The predicted octanol–water partition coefficient (Wildman–Crippen LogP) is 2.92. The lowest BCUT2D eigenvalue weighted by molar-refractivity contribution is -0.150. The van der Waals surface area contributed by atoms with Crippen molar-refractivity contribution in [1.82, 2.24) is 10.3 Å². The number of esters is 1. The quantitative estimate of drug-likeness (QED) is 0.848. The van der Waals surface area contributed by atoms with Crippen molar-refractivity contribution in [1.29, 1.82) is 0 Å². The highest BCUT2D eigenvalue weighted by Gasteiger charge is 2.42. The number of halogens is 1. The smallest absolute Gasteiger partial charge is 0.332 e. The Balaban J connectivity index is 2.32. The molecule has 1 aromatic rings. The summed E-state index contributed by atoms with van der Waals surface area (Å²) >= 11 is 0. The molecule has 1 aliphatic carbocycles. The molecule has 5 heteroatoms. The van der Waals surface area contributed by atoms with Crippen molar-refractivity contribution >= 4 is 5.97 Å². The normalized spacial score (nSPS) is 19.0. The lowest BCUT2D eigenvalue weighted by atomic mass is 9.87. The minimum Gasteiger partial charge on any atom is -0.467 e. The van der Waals surface area contributed by atoms with E-state index in [-0.39, 0.29) is 12.0 Å². The van der Waals surface area contributed by atoms with E-state index in [1.165, 1.54) is 19.6 Å². The summed E-state index contributed by atoms with van der Waals surface area (Å²) < 4.78 is 18.1. The number of methoxy groups -OCH3 is 1. The van der Waals surface area contributed by atoms with Crippen LogP contribution in [0.4, 0.5) is 4.39 Å². The highest BCUT2D eigenvalue weighted by Crippen LogP contribution is 2.29. The molecule has 0 bridgehead atoms. The molecular formula is C16H23FN2O2. The first kappa shape index (κ1) is 15.9. The molecule has 1 unspecified atom stereocenters. The molecule has 1 atom stereocenters. The van der Waals surface area contributed by atoms with Gasteiger partial charge in [0.25, 0.3) is 0 Å². The molecule has 1 fully saturated rings. The third kappa shape index (κ3) is 3.40. The second kappa shape index (κ2) is 6.98. The Morgan fingerprint density at radius 3 is 2.67 bits per heavy atom. The van der Waals surface area contributed by atoms with Gasteiger partial charge in [0, 0.05) is 6.04 Å². The maximum Gasteiger partial charge on any atom is 0.332 e. The lowest BCUT2D eigenvalue weighted by Gasteiger charge is -2.36. The summed E-state index contributed by atoms with van der Waals surface area (Å²) in [4.78, 5) is 16.5. The monoisotopic (exact) mass is 294 g/mol. The molecule has 2 rings (SSSR count). The molecule has 0 amide bonds. The van der Waals surface area contributed by atoms with Crippen LogP contribution >= 0.6 is 0 Å². The van der Waals surface area contributed by atoms with Crippen LogP contribution in [0.15, 0.2) is 18.3 Å². The van der Waals surface area contributed by atoms with Gasteiger partial charge in [-0.2, -0.15) is 0 Å². The third-order valence-corrected chi connectivity index (χ3v) is 4.28. The summed E-state index contributed by atoms with van der Waals surface area (Å²) in [5.74, 6) is -0.777. The average molecular weight is 294 g/mol. The summed E-state index contributed by atoms with van der Waals surface area (Å²) in [7, 11) is 1.37. The van der Waals surface area contributed by atoms with E-state index in [1.54, 1.807) is 6.07 Å². The van der Waals surface area contributed by atoms with Crippen molar-refractivity contribution in [2.45, 2.75) is 57.0 Å². The zero-order valence-electron chi connectivity index (χ0n) is 12.7. The number of hydrogen-bond acceptors (Lipinski definition) is 4.